The van der Waals surface area contributed by atoms with E-state index in [1.807, 2.05) is 13.0 Å². The molecule has 0 saturated heterocycles. The molecule has 0 aliphatic rings. The molecule has 1 amide bonds. The van der Waals surface area contributed by atoms with Crippen molar-refractivity contribution in [2.45, 2.75) is 32.7 Å². The van der Waals surface area contributed by atoms with Crippen LogP contribution in [0.4, 0.5) is 0 Å². The fraction of sp³-hybridized carbons (Fsp3) is 0.455. The smallest absolute Gasteiger partial charge is 0.226 e. The predicted octanol–water partition coefficient (Wildman–Crippen LogP) is 1.96. The van der Waals surface area contributed by atoms with Crippen LogP contribution in [0.2, 0.25) is 0 Å². The highest BCUT2D eigenvalue weighted by Gasteiger charge is 2.03. The van der Waals surface area contributed by atoms with Gasteiger partial charge in [-0.25, -0.2) is 0 Å². The number of amides is 1. The van der Waals surface area contributed by atoms with Gasteiger partial charge in [-0.2, -0.15) is 0 Å². The first-order chi connectivity index (χ1) is 7.72. The molecule has 1 aromatic rings. The van der Waals surface area contributed by atoms with Crippen molar-refractivity contribution < 1.29 is 9.21 Å². The van der Waals surface area contributed by atoms with Gasteiger partial charge in [-0.3, -0.25) is 4.79 Å². The number of furan rings is 1. The molecule has 0 atom stereocenters. The van der Waals surface area contributed by atoms with Gasteiger partial charge in [0.25, 0.3) is 0 Å². The number of carbonyl (C=O) groups is 1. The third-order valence-electron chi connectivity index (χ3n) is 2.01. The average Bonchev–Trinajstić information content (AvgIpc) is 2.76. The van der Waals surface area contributed by atoms with Crippen LogP contribution < -0.4 is 10.6 Å². The van der Waals surface area contributed by atoms with Gasteiger partial charge in [-0.15, -0.1) is 0 Å². The van der Waals surface area contributed by atoms with Gasteiger partial charge in [0, 0.05) is 6.42 Å². The molecule has 0 radical (unpaired) electrons. The highest BCUT2D eigenvalue weighted by Crippen LogP contribution is 1.98. The van der Waals surface area contributed by atoms with Crippen LogP contribution in [-0.2, 0) is 11.3 Å². The first-order valence-corrected chi connectivity index (χ1v) is 5.73. The van der Waals surface area contributed by atoms with E-state index in [0.29, 0.717) is 18.1 Å². The van der Waals surface area contributed by atoms with E-state index in [1.165, 1.54) is 0 Å². The summed E-state index contributed by atoms with van der Waals surface area (Å²) in [5.41, 5.74) is 0. The molecule has 0 unspecified atom stereocenters. The zero-order valence-electron chi connectivity index (χ0n) is 9.29. The summed E-state index contributed by atoms with van der Waals surface area (Å²) in [5, 5.41) is 5.86. The van der Waals surface area contributed by atoms with Gasteiger partial charge >= 0.3 is 0 Å². The summed E-state index contributed by atoms with van der Waals surface area (Å²) >= 11 is 4.97. The average molecular weight is 240 g/mol. The molecule has 0 fully saturated rings. The fourth-order valence-corrected chi connectivity index (χ4v) is 1.34. The lowest BCUT2D eigenvalue weighted by Crippen LogP contribution is -2.38. The Morgan fingerprint density at radius 2 is 2.38 bits per heavy atom. The molecule has 1 heterocycles. The lowest BCUT2D eigenvalue weighted by molar-refractivity contribution is -0.119. The highest BCUT2D eigenvalue weighted by molar-refractivity contribution is 7.80. The van der Waals surface area contributed by atoms with E-state index in [0.717, 1.165) is 18.6 Å². The maximum Gasteiger partial charge on any atom is 0.226 e. The molecule has 88 valence electrons. The largest absolute Gasteiger partial charge is 0.467 e. The van der Waals surface area contributed by atoms with Gasteiger partial charge in [0.15, 0.2) is 5.11 Å². The molecule has 2 N–H and O–H groups in total. The Bertz CT molecular complexity index is 336. The van der Waals surface area contributed by atoms with E-state index in [4.69, 9.17) is 16.6 Å². The Morgan fingerprint density at radius 1 is 1.56 bits per heavy atom. The summed E-state index contributed by atoms with van der Waals surface area (Å²) in [6.45, 7) is 2.53. The summed E-state index contributed by atoms with van der Waals surface area (Å²) in [6, 6.07) is 3.65. The van der Waals surface area contributed by atoms with E-state index >= 15 is 0 Å². The molecular formula is C11H16N2O2S. The first kappa shape index (κ1) is 12.7. The van der Waals surface area contributed by atoms with Crippen molar-refractivity contribution in [1.82, 2.24) is 10.6 Å². The highest BCUT2D eigenvalue weighted by atomic mass is 32.1. The molecular weight excluding hydrogens is 224 g/mol. The Hall–Kier alpha value is -1.36. The molecule has 0 spiro atoms. The van der Waals surface area contributed by atoms with Crippen LogP contribution in [0.1, 0.15) is 31.9 Å². The third kappa shape index (κ3) is 4.93. The van der Waals surface area contributed by atoms with Crippen LogP contribution in [0, 0.1) is 0 Å². The number of rotatable bonds is 5. The van der Waals surface area contributed by atoms with E-state index in [9.17, 15) is 4.79 Å². The van der Waals surface area contributed by atoms with Gasteiger partial charge in [0.05, 0.1) is 12.8 Å². The Labute approximate surface area is 100 Å². The van der Waals surface area contributed by atoms with Crippen LogP contribution >= 0.6 is 12.2 Å². The topological polar surface area (TPSA) is 54.3 Å². The van der Waals surface area contributed by atoms with Crippen molar-refractivity contribution in [2.24, 2.45) is 0 Å². The van der Waals surface area contributed by atoms with Crippen molar-refractivity contribution in [2.75, 3.05) is 0 Å². The standard InChI is InChI=1S/C11H16N2O2S/c1-2-3-6-10(14)13-11(16)12-8-9-5-4-7-15-9/h4-5,7H,2-3,6,8H2,1H3,(H2,12,13,14,16). The van der Waals surface area contributed by atoms with Crippen molar-refractivity contribution >= 4 is 23.2 Å². The Balaban J connectivity index is 2.18. The van der Waals surface area contributed by atoms with Crippen molar-refractivity contribution in [3.05, 3.63) is 24.2 Å². The number of hydrogen-bond acceptors (Lipinski definition) is 3. The van der Waals surface area contributed by atoms with E-state index in [2.05, 4.69) is 10.6 Å². The lowest BCUT2D eigenvalue weighted by Gasteiger charge is -2.07. The minimum absolute atomic E-state index is 0.0428. The molecule has 0 bridgehead atoms. The second-order valence-electron chi connectivity index (χ2n) is 3.41. The van der Waals surface area contributed by atoms with Crippen molar-refractivity contribution in [1.29, 1.82) is 0 Å². The van der Waals surface area contributed by atoms with E-state index in [-0.39, 0.29) is 5.91 Å². The quantitative estimate of drug-likeness (QED) is 0.773. The number of hydrogen-bond donors (Lipinski definition) is 2. The zero-order valence-corrected chi connectivity index (χ0v) is 10.1. The molecule has 1 rings (SSSR count). The minimum atomic E-state index is -0.0428. The number of thiocarbonyl (C=S) groups is 1. The SMILES string of the molecule is CCCCC(=O)NC(=S)NCc1ccco1. The molecule has 0 saturated carbocycles. The van der Waals surface area contributed by atoms with Crippen molar-refractivity contribution in [3.8, 4) is 0 Å². The lowest BCUT2D eigenvalue weighted by atomic mass is 10.2. The summed E-state index contributed by atoms with van der Waals surface area (Å²) < 4.78 is 5.12. The van der Waals surface area contributed by atoms with Gasteiger partial charge < -0.3 is 15.1 Å². The van der Waals surface area contributed by atoms with Gasteiger partial charge in [0.1, 0.15) is 5.76 Å². The van der Waals surface area contributed by atoms with Crippen LogP contribution in [-0.4, -0.2) is 11.0 Å². The van der Waals surface area contributed by atoms with Crippen molar-refractivity contribution in [3.63, 3.8) is 0 Å². The maximum atomic E-state index is 11.3. The second-order valence-corrected chi connectivity index (χ2v) is 3.82. The zero-order chi connectivity index (χ0) is 11.8. The summed E-state index contributed by atoms with van der Waals surface area (Å²) in [4.78, 5) is 11.3. The summed E-state index contributed by atoms with van der Waals surface area (Å²) in [5.74, 6) is 0.740. The normalized spacial score (nSPS) is 9.81. The molecule has 5 heteroatoms. The molecule has 0 aromatic carbocycles. The number of nitrogens with one attached hydrogen (secondary N) is 2. The minimum Gasteiger partial charge on any atom is -0.467 e. The number of unbranched alkanes of at least 4 members (excludes halogenated alkanes) is 1. The molecule has 0 aliphatic heterocycles. The van der Waals surface area contributed by atoms with Crippen LogP contribution in [0.5, 0.6) is 0 Å². The van der Waals surface area contributed by atoms with Gasteiger partial charge in [-0.05, 0) is 30.8 Å². The second kappa shape index (κ2) is 7.00. The Morgan fingerprint density at radius 3 is 3.00 bits per heavy atom. The van der Waals surface area contributed by atoms with Gasteiger partial charge in [0.2, 0.25) is 5.91 Å². The monoisotopic (exact) mass is 240 g/mol. The summed E-state index contributed by atoms with van der Waals surface area (Å²) in [7, 11) is 0. The molecule has 16 heavy (non-hydrogen) atoms. The fourth-order valence-electron chi connectivity index (χ4n) is 1.15. The maximum absolute atomic E-state index is 11.3. The molecule has 4 nitrogen and oxygen atoms in total. The molecule has 1 aromatic heterocycles. The van der Waals surface area contributed by atoms with Crippen LogP contribution in [0.25, 0.3) is 0 Å². The van der Waals surface area contributed by atoms with E-state index < -0.39 is 0 Å². The van der Waals surface area contributed by atoms with Crippen LogP contribution in [0.15, 0.2) is 22.8 Å². The first-order valence-electron chi connectivity index (χ1n) is 5.32. The molecule has 0 aliphatic carbocycles. The van der Waals surface area contributed by atoms with Crippen LogP contribution in [0.3, 0.4) is 0 Å². The predicted molar refractivity (Wildman–Crippen MR) is 65.8 cm³/mol. The Kier molecular flexibility index (Phi) is 5.56. The summed E-state index contributed by atoms with van der Waals surface area (Å²) in [6.07, 6.45) is 3.99. The number of carbonyl (C=O) groups excluding carboxylic acids is 1. The van der Waals surface area contributed by atoms with E-state index in [1.54, 1.807) is 12.3 Å². The third-order valence-corrected chi connectivity index (χ3v) is 2.26. The van der Waals surface area contributed by atoms with Gasteiger partial charge in [-0.1, -0.05) is 13.3 Å².